The largest absolute Gasteiger partial charge is 0.356 e. The lowest BCUT2D eigenvalue weighted by atomic mass is 10.1. The molecular formula is C17H23N3. The molecule has 2 N–H and O–H groups in total. The van der Waals surface area contributed by atoms with Crippen LogP contribution in [0.25, 0.3) is 10.9 Å². The highest BCUT2D eigenvalue weighted by Gasteiger charge is 2.25. The number of benzene rings is 1. The summed E-state index contributed by atoms with van der Waals surface area (Å²) in [5.74, 6) is 1.97. The van der Waals surface area contributed by atoms with Crippen LogP contribution in [0, 0.1) is 5.92 Å². The molecule has 20 heavy (non-hydrogen) atoms. The summed E-state index contributed by atoms with van der Waals surface area (Å²) in [6, 6.07) is 10.5. The van der Waals surface area contributed by atoms with Gasteiger partial charge in [-0.15, -0.1) is 0 Å². The fraction of sp³-hybridized carbons (Fsp3) is 0.471. The van der Waals surface area contributed by atoms with Crippen molar-refractivity contribution in [2.24, 2.45) is 11.7 Å². The monoisotopic (exact) mass is 269 g/mol. The number of nitrogens with two attached hydrogens (primary N) is 1. The summed E-state index contributed by atoms with van der Waals surface area (Å²) in [6.45, 7) is 5.01. The molecule has 2 aromatic rings. The van der Waals surface area contributed by atoms with Crippen LogP contribution in [-0.2, 0) is 6.54 Å². The first-order valence-electron chi connectivity index (χ1n) is 7.65. The molecule has 0 unspecified atom stereocenters. The zero-order valence-electron chi connectivity index (χ0n) is 12.2. The van der Waals surface area contributed by atoms with Crippen LogP contribution in [-0.4, -0.2) is 18.1 Å². The first kappa shape index (κ1) is 13.4. The second-order valence-electron chi connectivity index (χ2n) is 5.75. The lowest BCUT2D eigenvalue weighted by molar-refractivity contribution is 0.700. The molecule has 3 rings (SSSR count). The second kappa shape index (κ2) is 5.80. The average Bonchev–Trinajstić information content (AvgIpc) is 3.29. The van der Waals surface area contributed by atoms with Crippen molar-refractivity contribution in [1.29, 1.82) is 0 Å². The number of fused-ring (bicyclic) bond motifs is 1. The second-order valence-corrected chi connectivity index (χ2v) is 5.75. The molecule has 1 aromatic carbocycles. The van der Waals surface area contributed by atoms with Crippen molar-refractivity contribution in [3.8, 4) is 0 Å². The van der Waals surface area contributed by atoms with Crippen LogP contribution in [0.3, 0.4) is 0 Å². The number of rotatable bonds is 6. The SMILES string of the molecule is CCCN(CC1CC1)c1cc(CN)c2ccccc2n1. The van der Waals surface area contributed by atoms with E-state index < -0.39 is 0 Å². The Balaban J connectivity index is 1.99. The first-order valence-corrected chi connectivity index (χ1v) is 7.65. The number of aromatic nitrogens is 1. The number of hydrogen-bond acceptors (Lipinski definition) is 3. The van der Waals surface area contributed by atoms with Gasteiger partial charge in [-0.05, 0) is 42.9 Å². The maximum atomic E-state index is 5.93. The minimum Gasteiger partial charge on any atom is -0.356 e. The Morgan fingerprint density at radius 2 is 2.10 bits per heavy atom. The van der Waals surface area contributed by atoms with Crippen molar-refractivity contribution >= 4 is 16.7 Å². The molecule has 106 valence electrons. The highest BCUT2D eigenvalue weighted by Crippen LogP contribution is 2.32. The highest BCUT2D eigenvalue weighted by molar-refractivity contribution is 5.84. The minimum absolute atomic E-state index is 0.569. The summed E-state index contributed by atoms with van der Waals surface area (Å²) in [6.07, 6.45) is 3.90. The molecule has 1 aliphatic carbocycles. The minimum atomic E-state index is 0.569. The van der Waals surface area contributed by atoms with E-state index in [1.54, 1.807) is 0 Å². The molecule has 0 bridgehead atoms. The quantitative estimate of drug-likeness (QED) is 0.874. The van der Waals surface area contributed by atoms with Crippen LogP contribution in [0.5, 0.6) is 0 Å². The van der Waals surface area contributed by atoms with E-state index in [9.17, 15) is 0 Å². The van der Waals surface area contributed by atoms with E-state index in [0.29, 0.717) is 6.54 Å². The third-order valence-electron chi connectivity index (χ3n) is 4.00. The van der Waals surface area contributed by atoms with Crippen molar-refractivity contribution in [2.45, 2.75) is 32.7 Å². The smallest absolute Gasteiger partial charge is 0.129 e. The van der Waals surface area contributed by atoms with E-state index in [-0.39, 0.29) is 0 Å². The fourth-order valence-electron chi connectivity index (χ4n) is 2.74. The molecule has 3 heteroatoms. The Kier molecular flexibility index (Phi) is 3.88. The van der Waals surface area contributed by atoms with Crippen LogP contribution in [0.1, 0.15) is 31.7 Å². The summed E-state index contributed by atoms with van der Waals surface area (Å²) < 4.78 is 0. The molecule has 0 aliphatic heterocycles. The van der Waals surface area contributed by atoms with Gasteiger partial charge in [0, 0.05) is 25.0 Å². The standard InChI is InChI=1S/C17H23N3/c1-2-9-20(12-13-7-8-13)17-10-14(11-18)15-5-3-4-6-16(15)19-17/h3-6,10,13H,2,7-9,11-12,18H2,1H3. The third-order valence-corrected chi connectivity index (χ3v) is 4.00. The van der Waals surface area contributed by atoms with Gasteiger partial charge in [-0.2, -0.15) is 0 Å². The molecule has 1 aromatic heterocycles. The number of nitrogens with zero attached hydrogens (tertiary/aromatic N) is 2. The maximum absolute atomic E-state index is 5.93. The number of pyridine rings is 1. The Morgan fingerprint density at radius 3 is 2.80 bits per heavy atom. The third kappa shape index (κ3) is 2.78. The van der Waals surface area contributed by atoms with E-state index >= 15 is 0 Å². The molecule has 1 fully saturated rings. The molecule has 0 amide bonds. The van der Waals surface area contributed by atoms with E-state index in [1.807, 2.05) is 6.07 Å². The van der Waals surface area contributed by atoms with Gasteiger partial charge in [-0.3, -0.25) is 0 Å². The molecule has 0 radical (unpaired) electrons. The molecule has 0 spiro atoms. The topological polar surface area (TPSA) is 42.1 Å². The molecular weight excluding hydrogens is 246 g/mol. The van der Waals surface area contributed by atoms with E-state index in [4.69, 9.17) is 10.7 Å². The van der Waals surface area contributed by atoms with Crippen molar-refractivity contribution in [2.75, 3.05) is 18.0 Å². The van der Waals surface area contributed by atoms with E-state index in [2.05, 4.69) is 36.1 Å². The Labute approximate surface area is 120 Å². The molecule has 0 saturated heterocycles. The van der Waals surface area contributed by atoms with Gasteiger partial charge in [0.25, 0.3) is 0 Å². The van der Waals surface area contributed by atoms with Gasteiger partial charge in [0.15, 0.2) is 0 Å². The van der Waals surface area contributed by atoms with E-state index in [1.165, 1.54) is 23.8 Å². The maximum Gasteiger partial charge on any atom is 0.129 e. The van der Waals surface area contributed by atoms with Crippen LogP contribution in [0.2, 0.25) is 0 Å². The molecule has 1 saturated carbocycles. The summed E-state index contributed by atoms with van der Waals surface area (Å²) in [7, 11) is 0. The number of hydrogen-bond donors (Lipinski definition) is 1. The van der Waals surface area contributed by atoms with Crippen LogP contribution < -0.4 is 10.6 Å². The van der Waals surface area contributed by atoms with Gasteiger partial charge in [0.1, 0.15) is 5.82 Å². The van der Waals surface area contributed by atoms with Gasteiger partial charge in [-0.25, -0.2) is 4.98 Å². The average molecular weight is 269 g/mol. The van der Waals surface area contributed by atoms with Crippen LogP contribution in [0.15, 0.2) is 30.3 Å². The van der Waals surface area contributed by atoms with Gasteiger partial charge in [0.2, 0.25) is 0 Å². The summed E-state index contributed by atoms with van der Waals surface area (Å²) >= 11 is 0. The van der Waals surface area contributed by atoms with Crippen molar-refractivity contribution in [1.82, 2.24) is 4.98 Å². The summed E-state index contributed by atoms with van der Waals surface area (Å²) in [5.41, 5.74) is 8.18. The lowest BCUT2D eigenvalue weighted by Crippen LogP contribution is -2.27. The van der Waals surface area contributed by atoms with Gasteiger partial charge in [0.05, 0.1) is 5.52 Å². The Hall–Kier alpha value is -1.61. The molecule has 1 aliphatic rings. The van der Waals surface area contributed by atoms with Crippen LogP contribution in [0.4, 0.5) is 5.82 Å². The normalized spacial score (nSPS) is 14.7. The first-order chi connectivity index (χ1) is 9.81. The number of anilines is 1. The van der Waals surface area contributed by atoms with Crippen molar-refractivity contribution in [3.63, 3.8) is 0 Å². The van der Waals surface area contributed by atoms with Gasteiger partial charge in [-0.1, -0.05) is 25.1 Å². The predicted molar refractivity (Wildman–Crippen MR) is 84.9 cm³/mol. The molecule has 0 atom stereocenters. The van der Waals surface area contributed by atoms with Gasteiger partial charge < -0.3 is 10.6 Å². The van der Waals surface area contributed by atoms with Gasteiger partial charge >= 0.3 is 0 Å². The van der Waals surface area contributed by atoms with Crippen molar-refractivity contribution < 1.29 is 0 Å². The Bertz CT molecular complexity index is 590. The zero-order valence-corrected chi connectivity index (χ0v) is 12.2. The van der Waals surface area contributed by atoms with Crippen molar-refractivity contribution in [3.05, 3.63) is 35.9 Å². The summed E-state index contributed by atoms with van der Waals surface area (Å²) in [5, 5.41) is 1.18. The summed E-state index contributed by atoms with van der Waals surface area (Å²) in [4.78, 5) is 7.29. The lowest BCUT2D eigenvalue weighted by Gasteiger charge is -2.24. The zero-order chi connectivity index (χ0) is 13.9. The Morgan fingerprint density at radius 1 is 1.30 bits per heavy atom. The van der Waals surface area contributed by atoms with E-state index in [0.717, 1.165) is 36.8 Å². The molecule has 1 heterocycles. The predicted octanol–water partition coefficient (Wildman–Crippen LogP) is 3.32. The van der Waals surface area contributed by atoms with Crippen LogP contribution >= 0.6 is 0 Å². The number of para-hydroxylation sites is 1. The molecule has 3 nitrogen and oxygen atoms in total. The fourth-order valence-corrected chi connectivity index (χ4v) is 2.74. The highest BCUT2D eigenvalue weighted by atomic mass is 15.2.